The van der Waals surface area contributed by atoms with Gasteiger partial charge in [0, 0.05) is 21.2 Å². The van der Waals surface area contributed by atoms with Crippen molar-refractivity contribution in [1.29, 1.82) is 0 Å². The van der Waals surface area contributed by atoms with Gasteiger partial charge in [0.25, 0.3) is 0 Å². The van der Waals surface area contributed by atoms with E-state index in [1.165, 1.54) is 22.9 Å². The van der Waals surface area contributed by atoms with Crippen LogP contribution in [0, 0.1) is 17.8 Å². The quantitative estimate of drug-likeness (QED) is 0.0983. The molecule has 0 fully saturated rings. The number of rotatable bonds is 15. The zero-order chi connectivity index (χ0) is 29.7. The number of ether oxygens (including phenoxy) is 3. The molecule has 0 radical (unpaired) electrons. The van der Waals surface area contributed by atoms with Gasteiger partial charge in [-0.15, -0.1) is 11.8 Å². The van der Waals surface area contributed by atoms with E-state index >= 15 is 0 Å². The number of nitrogens with one attached hydrogen (secondary N) is 1. The zero-order valence-electron chi connectivity index (χ0n) is 24.4. The van der Waals surface area contributed by atoms with Crippen molar-refractivity contribution in [2.24, 2.45) is 17.8 Å². The van der Waals surface area contributed by atoms with E-state index in [0.717, 1.165) is 4.90 Å². The average molecular weight is 588 g/mol. The summed E-state index contributed by atoms with van der Waals surface area (Å²) in [6.45, 7) is 16.6. The fourth-order valence-corrected chi connectivity index (χ4v) is 5.42. The Morgan fingerprint density at radius 3 is 2.20 bits per heavy atom. The van der Waals surface area contributed by atoms with Gasteiger partial charge in [-0.2, -0.15) is 0 Å². The van der Waals surface area contributed by atoms with E-state index in [0.29, 0.717) is 39.9 Å². The van der Waals surface area contributed by atoms with Crippen LogP contribution in [-0.2, 0) is 14.3 Å². The van der Waals surface area contributed by atoms with E-state index in [1.807, 2.05) is 36.4 Å². The molecule has 218 valence electrons. The second-order valence-corrected chi connectivity index (χ2v) is 11.8. The van der Waals surface area contributed by atoms with E-state index in [2.05, 4.69) is 64.7 Å². The molecule has 0 saturated carbocycles. The van der Waals surface area contributed by atoms with Gasteiger partial charge in [-0.25, -0.2) is 9.59 Å². The second kappa shape index (κ2) is 17.0. The third kappa shape index (κ3) is 11.3. The van der Waals surface area contributed by atoms with Gasteiger partial charge in [0.2, 0.25) is 0 Å². The average Bonchev–Trinajstić information content (AvgIpc) is 2.91. The number of carbonyl (C=O) groups excluding carboxylic acids is 2. The first kappa shape index (κ1) is 33.3. The Hall–Kier alpha value is -2.90. The Morgan fingerprint density at radius 1 is 1.02 bits per heavy atom. The monoisotopic (exact) mass is 587 g/mol. The summed E-state index contributed by atoms with van der Waals surface area (Å²) in [5, 5.41) is 3.27. The standard InChI is InChI=1S/C32H42ClNO5S/c1-8-29(30(21(2)3)22(4)5)24-9-13-26(14-10-24)38-19-27(20-40-28-15-11-25(33)12-16-28)39-32(36)34-17-18-37-31(35)23(6)7/h8-16,21-22,27,30H,6,17-20H2,1-5,7H3,(H,34,36)/b29-8-. The number of halogens is 1. The fraction of sp³-hybridized carbons (Fsp3) is 0.438. The van der Waals surface area contributed by atoms with Crippen LogP contribution in [0.3, 0.4) is 0 Å². The first-order valence-electron chi connectivity index (χ1n) is 13.6. The maximum absolute atomic E-state index is 12.4. The van der Waals surface area contributed by atoms with Crippen molar-refractivity contribution in [2.45, 2.75) is 52.5 Å². The van der Waals surface area contributed by atoms with E-state index < -0.39 is 18.2 Å². The van der Waals surface area contributed by atoms with Crippen molar-refractivity contribution in [2.75, 3.05) is 25.5 Å². The van der Waals surface area contributed by atoms with Crippen molar-refractivity contribution in [1.82, 2.24) is 5.32 Å². The summed E-state index contributed by atoms with van der Waals surface area (Å²) in [4.78, 5) is 24.9. The Morgan fingerprint density at radius 2 is 1.65 bits per heavy atom. The SMILES string of the molecule is C=C(C)C(=O)OCCNC(=O)OC(COc1ccc(/C(=C/C)C(C(C)C)C(C)C)cc1)CSc1ccc(Cl)cc1. The molecule has 1 N–H and O–H groups in total. The van der Waals surface area contributed by atoms with Crippen molar-refractivity contribution in [3.8, 4) is 5.75 Å². The molecular formula is C32H42ClNO5S. The summed E-state index contributed by atoms with van der Waals surface area (Å²) in [5.41, 5.74) is 2.82. The van der Waals surface area contributed by atoms with Crippen LogP contribution >= 0.6 is 23.4 Å². The Bertz CT molecular complexity index is 1120. The molecule has 8 heteroatoms. The number of amides is 1. The highest BCUT2D eigenvalue weighted by atomic mass is 35.5. The van der Waals surface area contributed by atoms with Gasteiger partial charge in [-0.3, -0.25) is 0 Å². The van der Waals surface area contributed by atoms with Gasteiger partial charge >= 0.3 is 12.1 Å². The molecule has 1 amide bonds. The first-order chi connectivity index (χ1) is 19.0. The maximum Gasteiger partial charge on any atom is 0.407 e. The molecule has 0 heterocycles. The molecule has 2 rings (SSSR count). The van der Waals surface area contributed by atoms with E-state index in [1.54, 1.807) is 6.92 Å². The van der Waals surface area contributed by atoms with Gasteiger partial charge < -0.3 is 19.5 Å². The second-order valence-electron chi connectivity index (χ2n) is 10.2. The van der Waals surface area contributed by atoms with Gasteiger partial charge in [-0.1, -0.05) is 64.1 Å². The number of hydrogen-bond acceptors (Lipinski definition) is 6. The van der Waals surface area contributed by atoms with E-state index in [9.17, 15) is 9.59 Å². The largest absolute Gasteiger partial charge is 0.490 e. The fourth-order valence-electron chi connectivity index (χ4n) is 4.42. The Labute approximate surface area is 248 Å². The van der Waals surface area contributed by atoms with Crippen molar-refractivity contribution in [3.63, 3.8) is 0 Å². The number of benzene rings is 2. The van der Waals surface area contributed by atoms with Crippen LogP contribution in [0.15, 0.2) is 71.7 Å². The van der Waals surface area contributed by atoms with Crippen LogP contribution in [0.2, 0.25) is 5.02 Å². The Balaban J connectivity index is 2.02. The van der Waals surface area contributed by atoms with Crippen molar-refractivity contribution in [3.05, 3.63) is 77.3 Å². The summed E-state index contributed by atoms with van der Waals surface area (Å²) < 4.78 is 16.7. The lowest BCUT2D eigenvalue weighted by Crippen LogP contribution is -2.35. The normalized spacial score (nSPS) is 12.4. The minimum Gasteiger partial charge on any atom is -0.490 e. The van der Waals surface area contributed by atoms with Gasteiger partial charge in [0.15, 0.2) is 0 Å². The lowest BCUT2D eigenvalue weighted by Gasteiger charge is -2.28. The number of alkyl carbamates (subject to hydrolysis) is 1. The van der Waals surface area contributed by atoms with Crippen LogP contribution in [0.5, 0.6) is 5.75 Å². The molecule has 0 saturated heterocycles. The molecule has 0 aliphatic carbocycles. The highest BCUT2D eigenvalue weighted by molar-refractivity contribution is 7.99. The van der Waals surface area contributed by atoms with E-state index in [-0.39, 0.29) is 19.8 Å². The summed E-state index contributed by atoms with van der Waals surface area (Å²) in [5.74, 6) is 2.19. The highest BCUT2D eigenvalue weighted by Crippen LogP contribution is 2.35. The molecule has 0 spiro atoms. The summed E-state index contributed by atoms with van der Waals surface area (Å²) in [6.07, 6.45) is 1.06. The predicted octanol–water partition coefficient (Wildman–Crippen LogP) is 8.06. The lowest BCUT2D eigenvalue weighted by atomic mass is 9.77. The minimum atomic E-state index is -0.613. The molecular weight excluding hydrogens is 546 g/mol. The van der Waals surface area contributed by atoms with Crippen molar-refractivity contribution >= 4 is 41.0 Å². The molecule has 1 atom stereocenters. The number of carbonyl (C=O) groups is 2. The van der Waals surface area contributed by atoms with Gasteiger partial charge in [-0.05, 0) is 79.1 Å². The lowest BCUT2D eigenvalue weighted by molar-refractivity contribution is -0.138. The van der Waals surface area contributed by atoms with Gasteiger partial charge in [0.1, 0.15) is 25.1 Å². The summed E-state index contributed by atoms with van der Waals surface area (Å²) >= 11 is 7.54. The van der Waals surface area contributed by atoms with Gasteiger partial charge in [0.05, 0.1) is 6.54 Å². The number of hydrogen-bond donors (Lipinski definition) is 1. The van der Waals surface area contributed by atoms with Crippen LogP contribution in [0.1, 0.15) is 47.1 Å². The van der Waals surface area contributed by atoms with Crippen LogP contribution in [0.4, 0.5) is 4.79 Å². The Kier molecular flexibility index (Phi) is 14.2. The van der Waals surface area contributed by atoms with E-state index in [4.69, 9.17) is 25.8 Å². The maximum atomic E-state index is 12.4. The highest BCUT2D eigenvalue weighted by Gasteiger charge is 2.23. The molecule has 6 nitrogen and oxygen atoms in total. The zero-order valence-corrected chi connectivity index (χ0v) is 25.9. The third-order valence-corrected chi connectivity index (χ3v) is 7.60. The number of thioether (sulfide) groups is 1. The van der Waals surface area contributed by atoms with Crippen LogP contribution in [0.25, 0.3) is 5.57 Å². The van der Waals surface area contributed by atoms with Crippen molar-refractivity contribution < 1.29 is 23.8 Å². The smallest absolute Gasteiger partial charge is 0.407 e. The molecule has 2 aromatic carbocycles. The molecule has 0 bridgehead atoms. The minimum absolute atomic E-state index is 0.0243. The predicted molar refractivity (Wildman–Crippen MR) is 165 cm³/mol. The van der Waals surface area contributed by atoms with Crippen LogP contribution < -0.4 is 10.1 Å². The number of allylic oxidation sites excluding steroid dienone is 2. The molecule has 0 aromatic heterocycles. The molecule has 0 aliphatic rings. The number of esters is 1. The summed E-state index contributed by atoms with van der Waals surface area (Å²) in [6, 6.07) is 15.5. The topological polar surface area (TPSA) is 73.9 Å². The third-order valence-electron chi connectivity index (χ3n) is 6.21. The first-order valence-corrected chi connectivity index (χ1v) is 14.9. The molecule has 2 aromatic rings. The summed E-state index contributed by atoms with van der Waals surface area (Å²) in [7, 11) is 0. The van der Waals surface area contributed by atoms with Crippen LogP contribution in [-0.4, -0.2) is 43.7 Å². The molecule has 0 aliphatic heterocycles. The molecule has 1 unspecified atom stereocenters. The molecule has 40 heavy (non-hydrogen) atoms.